The van der Waals surface area contributed by atoms with Crippen LogP contribution in [-0.4, -0.2) is 35.0 Å². The van der Waals surface area contributed by atoms with E-state index < -0.39 is 29.6 Å². The summed E-state index contributed by atoms with van der Waals surface area (Å²) in [5.41, 5.74) is 5.20. The van der Waals surface area contributed by atoms with Crippen LogP contribution in [0.1, 0.15) is 39.0 Å². The Morgan fingerprint density at radius 1 is 0.930 bits per heavy atom. The first-order chi connectivity index (χ1) is 20.7. The Morgan fingerprint density at radius 3 is 2.23 bits per heavy atom. The maximum Gasteiger partial charge on any atom is 0.326 e. The lowest BCUT2D eigenvalue weighted by atomic mass is 9.93. The summed E-state index contributed by atoms with van der Waals surface area (Å²) in [5, 5.41) is 21.6. The van der Waals surface area contributed by atoms with E-state index in [0.29, 0.717) is 41.0 Å². The van der Waals surface area contributed by atoms with E-state index in [0.717, 1.165) is 28.4 Å². The van der Waals surface area contributed by atoms with Gasteiger partial charge in [-0.2, -0.15) is 17.0 Å². The number of thioether (sulfide) groups is 1. The van der Waals surface area contributed by atoms with Crippen molar-refractivity contribution in [3.05, 3.63) is 124 Å². The number of carbonyl (C=O) groups excluding carboxylic acids is 1. The van der Waals surface area contributed by atoms with Gasteiger partial charge in [0.15, 0.2) is 0 Å². The zero-order chi connectivity index (χ0) is 30.9. The minimum absolute atomic E-state index is 0.179. The number of nitriles is 1. The van der Waals surface area contributed by atoms with Gasteiger partial charge < -0.3 is 15.3 Å². The van der Waals surface area contributed by atoms with Gasteiger partial charge in [0.05, 0.1) is 11.6 Å². The Kier molecular flexibility index (Phi) is 10.5. The van der Waals surface area contributed by atoms with Crippen LogP contribution in [0.5, 0.6) is 0 Å². The molecular formula is C34H31F2N3O3S. The van der Waals surface area contributed by atoms with Gasteiger partial charge in [-0.05, 0) is 102 Å². The Labute approximate surface area is 254 Å². The SMILES string of the molecule is CSCC[C@H](NC(=O)c1ccc(CN(Cc2cc(F)cc(F)c2)c2ccc(C#N)cc2)cc1-c1ccccc1C)C(=O)O. The Hall–Kier alpha value is -4.68. The summed E-state index contributed by atoms with van der Waals surface area (Å²) >= 11 is 1.51. The molecule has 0 aliphatic heterocycles. The number of aliphatic carboxylic acids is 1. The molecule has 220 valence electrons. The predicted molar refractivity (Wildman–Crippen MR) is 166 cm³/mol. The zero-order valence-electron chi connectivity index (χ0n) is 23.8. The number of amides is 1. The van der Waals surface area contributed by atoms with E-state index in [9.17, 15) is 28.7 Å². The molecule has 1 amide bonds. The third-order valence-electron chi connectivity index (χ3n) is 7.01. The first-order valence-electron chi connectivity index (χ1n) is 13.6. The largest absolute Gasteiger partial charge is 0.480 e. The highest BCUT2D eigenvalue weighted by molar-refractivity contribution is 7.98. The second-order valence-corrected chi connectivity index (χ2v) is 11.1. The van der Waals surface area contributed by atoms with Gasteiger partial charge in [-0.15, -0.1) is 0 Å². The van der Waals surface area contributed by atoms with Crippen LogP contribution in [0.3, 0.4) is 0 Å². The second-order valence-electron chi connectivity index (χ2n) is 10.1. The summed E-state index contributed by atoms with van der Waals surface area (Å²) in [6.45, 7) is 2.43. The molecule has 1 atom stereocenters. The number of carboxylic acids is 1. The molecule has 0 fully saturated rings. The number of hydrogen-bond acceptors (Lipinski definition) is 5. The smallest absolute Gasteiger partial charge is 0.326 e. The summed E-state index contributed by atoms with van der Waals surface area (Å²) in [6.07, 6.45) is 2.17. The number of halogens is 2. The normalized spacial score (nSPS) is 11.4. The number of rotatable bonds is 12. The van der Waals surface area contributed by atoms with Crippen molar-refractivity contribution < 1.29 is 23.5 Å². The molecule has 4 rings (SSSR count). The first-order valence-corrected chi connectivity index (χ1v) is 15.0. The zero-order valence-corrected chi connectivity index (χ0v) is 24.6. The van der Waals surface area contributed by atoms with Gasteiger partial charge in [0.25, 0.3) is 5.91 Å². The average molecular weight is 600 g/mol. The molecule has 4 aromatic rings. The highest BCUT2D eigenvalue weighted by Gasteiger charge is 2.23. The molecule has 6 nitrogen and oxygen atoms in total. The number of hydrogen-bond donors (Lipinski definition) is 2. The van der Waals surface area contributed by atoms with Gasteiger partial charge >= 0.3 is 5.97 Å². The second kappa shape index (κ2) is 14.5. The number of aryl methyl sites for hydroxylation is 1. The van der Waals surface area contributed by atoms with Gasteiger partial charge in [0, 0.05) is 30.4 Å². The van der Waals surface area contributed by atoms with Crippen LogP contribution >= 0.6 is 11.8 Å². The molecule has 2 N–H and O–H groups in total. The van der Waals surface area contributed by atoms with Gasteiger partial charge in [0.1, 0.15) is 17.7 Å². The highest BCUT2D eigenvalue weighted by atomic mass is 32.2. The van der Waals surface area contributed by atoms with Crippen molar-refractivity contribution in [1.82, 2.24) is 5.32 Å². The summed E-state index contributed by atoms with van der Waals surface area (Å²) in [6, 6.07) is 24.3. The lowest BCUT2D eigenvalue weighted by Gasteiger charge is -2.26. The van der Waals surface area contributed by atoms with E-state index in [1.807, 2.05) is 48.4 Å². The van der Waals surface area contributed by atoms with Crippen LogP contribution in [0.4, 0.5) is 14.5 Å². The molecule has 9 heteroatoms. The third kappa shape index (κ3) is 8.21. The Morgan fingerprint density at radius 2 is 1.60 bits per heavy atom. The van der Waals surface area contributed by atoms with E-state index in [2.05, 4.69) is 11.4 Å². The number of benzene rings is 4. The van der Waals surface area contributed by atoms with Crippen molar-refractivity contribution in [2.75, 3.05) is 16.9 Å². The minimum Gasteiger partial charge on any atom is -0.480 e. The van der Waals surface area contributed by atoms with Crippen molar-refractivity contribution in [2.24, 2.45) is 0 Å². The summed E-state index contributed by atoms with van der Waals surface area (Å²) in [4.78, 5) is 27.2. The van der Waals surface area contributed by atoms with Crippen LogP contribution in [0.2, 0.25) is 0 Å². The van der Waals surface area contributed by atoms with Crippen LogP contribution in [0.25, 0.3) is 11.1 Å². The number of carbonyl (C=O) groups is 2. The molecule has 0 aromatic heterocycles. The van der Waals surface area contributed by atoms with E-state index in [-0.39, 0.29) is 6.54 Å². The maximum absolute atomic E-state index is 14.0. The molecular weight excluding hydrogens is 568 g/mol. The van der Waals surface area contributed by atoms with Gasteiger partial charge in [-0.1, -0.05) is 30.3 Å². The molecule has 0 radical (unpaired) electrons. The number of nitrogens with zero attached hydrogens (tertiary/aromatic N) is 2. The maximum atomic E-state index is 14.0. The topological polar surface area (TPSA) is 93.4 Å². The molecule has 0 aliphatic carbocycles. The molecule has 0 aliphatic rings. The van der Waals surface area contributed by atoms with Crippen LogP contribution in [-0.2, 0) is 17.9 Å². The molecule has 0 saturated carbocycles. The molecule has 0 spiro atoms. The summed E-state index contributed by atoms with van der Waals surface area (Å²) in [5.74, 6) is -2.35. The van der Waals surface area contributed by atoms with Crippen molar-refractivity contribution >= 4 is 29.3 Å². The third-order valence-corrected chi connectivity index (χ3v) is 7.65. The average Bonchev–Trinajstić information content (AvgIpc) is 2.98. The van der Waals surface area contributed by atoms with Crippen LogP contribution in [0, 0.1) is 29.9 Å². The fourth-order valence-corrected chi connectivity index (χ4v) is 5.31. The van der Waals surface area contributed by atoms with Crippen molar-refractivity contribution in [2.45, 2.75) is 32.5 Å². The summed E-state index contributed by atoms with van der Waals surface area (Å²) < 4.78 is 28.1. The minimum atomic E-state index is -1.09. The fraction of sp³-hybridized carbons (Fsp3) is 0.206. The van der Waals surface area contributed by atoms with E-state index in [4.69, 9.17) is 0 Å². The summed E-state index contributed by atoms with van der Waals surface area (Å²) in [7, 11) is 0. The lowest BCUT2D eigenvalue weighted by Crippen LogP contribution is -2.41. The lowest BCUT2D eigenvalue weighted by molar-refractivity contribution is -0.139. The van der Waals surface area contributed by atoms with Crippen molar-refractivity contribution in [3.63, 3.8) is 0 Å². The van der Waals surface area contributed by atoms with Crippen molar-refractivity contribution in [3.8, 4) is 17.2 Å². The van der Waals surface area contributed by atoms with Crippen LogP contribution < -0.4 is 10.2 Å². The van der Waals surface area contributed by atoms with E-state index in [1.54, 1.807) is 36.4 Å². The quantitative estimate of drug-likeness (QED) is 0.183. The standard InChI is InChI=1S/C34H31F2N3O3S/c1-22-5-3-4-6-29(22)31-17-24(9-12-30(31)33(40)38-32(34(41)42)13-14-43-2)20-39(28-10-7-23(19-37)8-11-28)21-25-15-26(35)18-27(36)16-25/h3-12,15-18,32H,13-14,20-21H2,1-2H3,(H,38,40)(H,41,42)/t32-/m0/s1. The molecule has 43 heavy (non-hydrogen) atoms. The Bertz CT molecular complexity index is 1630. The van der Waals surface area contributed by atoms with E-state index in [1.165, 1.54) is 23.9 Å². The van der Waals surface area contributed by atoms with Crippen molar-refractivity contribution in [1.29, 1.82) is 5.26 Å². The van der Waals surface area contributed by atoms with Gasteiger partial charge in [-0.25, -0.2) is 13.6 Å². The molecule has 0 heterocycles. The monoisotopic (exact) mass is 599 g/mol. The molecule has 0 unspecified atom stereocenters. The molecule has 0 bridgehead atoms. The van der Waals surface area contributed by atoms with E-state index >= 15 is 0 Å². The van der Waals surface area contributed by atoms with Crippen LogP contribution in [0.15, 0.2) is 84.9 Å². The fourth-order valence-electron chi connectivity index (χ4n) is 4.84. The van der Waals surface area contributed by atoms with Gasteiger partial charge in [0.2, 0.25) is 0 Å². The number of carboxylic acid groups (broad SMARTS) is 1. The molecule has 0 saturated heterocycles. The first kappa shape index (κ1) is 31.3. The number of nitrogens with one attached hydrogen (secondary N) is 1. The number of anilines is 1. The molecule has 4 aromatic carbocycles. The highest BCUT2D eigenvalue weighted by Crippen LogP contribution is 2.30. The Balaban J connectivity index is 1.74. The predicted octanol–water partition coefficient (Wildman–Crippen LogP) is 6.95. The van der Waals surface area contributed by atoms with Gasteiger partial charge in [-0.3, -0.25) is 4.79 Å².